The van der Waals surface area contributed by atoms with Crippen LogP contribution in [0.1, 0.15) is 58.8 Å². The van der Waals surface area contributed by atoms with E-state index in [4.69, 9.17) is 4.74 Å². The molecule has 0 radical (unpaired) electrons. The van der Waals surface area contributed by atoms with Gasteiger partial charge in [0.1, 0.15) is 0 Å². The third-order valence-electron chi connectivity index (χ3n) is 4.71. The van der Waals surface area contributed by atoms with Crippen molar-refractivity contribution in [3.8, 4) is 0 Å². The summed E-state index contributed by atoms with van der Waals surface area (Å²) in [5.74, 6) is 0. The lowest BCUT2D eigenvalue weighted by Crippen LogP contribution is -2.45. The first-order chi connectivity index (χ1) is 9.76. The molecule has 0 aromatic carbocycles. The first kappa shape index (κ1) is 17.9. The van der Waals surface area contributed by atoms with Gasteiger partial charge in [-0.15, -0.1) is 0 Å². The summed E-state index contributed by atoms with van der Waals surface area (Å²) in [4.78, 5) is 2.59. The van der Waals surface area contributed by atoms with Crippen molar-refractivity contribution in [2.24, 2.45) is 5.41 Å². The van der Waals surface area contributed by atoms with Gasteiger partial charge in [-0.2, -0.15) is 0 Å². The summed E-state index contributed by atoms with van der Waals surface area (Å²) >= 11 is 0. The number of hydrogen-bond donors (Lipinski definition) is 1. The molecule has 0 saturated heterocycles. The Morgan fingerprint density at radius 2 is 1.80 bits per heavy atom. The van der Waals surface area contributed by atoms with Gasteiger partial charge in [-0.1, -0.05) is 39.5 Å². The van der Waals surface area contributed by atoms with E-state index in [1.165, 1.54) is 58.0 Å². The highest BCUT2D eigenvalue weighted by Crippen LogP contribution is 2.35. The minimum atomic E-state index is 0.495. The van der Waals surface area contributed by atoms with Crippen molar-refractivity contribution in [1.29, 1.82) is 0 Å². The molecule has 0 unspecified atom stereocenters. The van der Waals surface area contributed by atoms with Gasteiger partial charge in [-0.25, -0.2) is 0 Å². The zero-order chi connectivity index (χ0) is 14.7. The van der Waals surface area contributed by atoms with Crippen molar-refractivity contribution in [1.82, 2.24) is 10.2 Å². The quantitative estimate of drug-likeness (QED) is 0.492. The SMILES string of the molecule is CCCNCC1(CN(CC)CCOC)CCCCCC1. The van der Waals surface area contributed by atoms with Crippen LogP contribution in [-0.2, 0) is 4.74 Å². The number of likely N-dealkylation sites (N-methyl/N-ethyl adjacent to an activating group) is 1. The summed E-state index contributed by atoms with van der Waals surface area (Å²) < 4.78 is 5.26. The molecule has 0 atom stereocenters. The molecule has 0 aliphatic heterocycles. The Hall–Kier alpha value is -0.120. The number of rotatable bonds is 10. The molecule has 0 spiro atoms. The summed E-state index contributed by atoms with van der Waals surface area (Å²) in [6.07, 6.45) is 9.71. The summed E-state index contributed by atoms with van der Waals surface area (Å²) in [7, 11) is 1.80. The fourth-order valence-electron chi connectivity index (χ4n) is 3.44. The van der Waals surface area contributed by atoms with E-state index in [2.05, 4.69) is 24.1 Å². The van der Waals surface area contributed by atoms with Crippen molar-refractivity contribution in [3.63, 3.8) is 0 Å². The Bertz CT molecular complexity index is 225. The molecular formula is C17H36N2O. The van der Waals surface area contributed by atoms with E-state index in [-0.39, 0.29) is 0 Å². The van der Waals surface area contributed by atoms with Crippen LogP contribution in [0.25, 0.3) is 0 Å². The minimum absolute atomic E-state index is 0.495. The van der Waals surface area contributed by atoms with E-state index in [9.17, 15) is 0 Å². The molecule has 1 aliphatic rings. The standard InChI is InChI=1S/C17H36N2O/c1-4-12-18-15-17(10-8-6-7-9-11-17)16-19(5-2)13-14-20-3/h18H,4-16H2,1-3H3. The first-order valence-electron chi connectivity index (χ1n) is 8.68. The topological polar surface area (TPSA) is 24.5 Å². The third-order valence-corrected chi connectivity index (χ3v) is 4.71. The molecule has 20 heavy (non-hydrogen) atoms. The maximum absolute atomic E-state index is 5.26. The first-order valence-corrected chi connectivity index (χ1v) is 8.68. The van der Waals surface area contributed by atoms with E-state index in [0.717, 1.165) is 26.2 Å². The zero-order valence-electron chi connectivity index (χ0n) is 14.0. The molecule has 1 rings (SSSR count). The van der Waals surface area contributed by atoms with Crippen molar-refractivity contribution >= 4 is 0 Å². The lowest BCUT2D eigenvalue weighted by Gasteiger charge is -2.38. The second-order valence-corrected chi connectivity index (χ2v) is 6.45. The molecule has 0 aromatic rings. The fraction of sp³-hybridized carbons (Fsp3) is 1.00. The number of nitrogens with one attached hydrogen (secondary N) is 1. The van der Waals surface area contributed by atoms with Crippen LogP contribution in [0.15, 0.2) is 0 Å². The van der Waals surface area contributed by atoms with Crippen LogP contribution in [0, 0.1) is 5.41 Å². The van der Waals surface area contributed by atoms with Crippen molar-refractivity contribution in [3.05, 3.63) is 0 Å². The summed E-state index contributed by atoms with van der Waals surface area (Å²) in [6, 6.07) is 0. The molecule has 1 fully saturated rings. The third kappa shape index (κ3) is 6.55. The Labute approximate surface area is 126 Å². The monoisotopic (exact) mass is 284 g/mol. The largest absolute Gasteiger partial charge is 0.383 e. The average molecular weight is 284 g/mol. The zero-order valence-corrected chi connectivity index (χ0v) is 14.0. The van der Waals surface area contributed by atoms with E-state index in [0.29, 0.717) is 5.41 Å². The average Bonchev–Trinajstić information content (AvgIpc) is 2.70. The molecule has 1 N–H and O–H groups in total. The van der Waals surface area contributed by atoms with Crippen molar-refractivity contribution in [2.45, 2.75) is 58.8 Å². The van der Waals surface area contributed by atoms with E-state index in [1.54, 1.807) is 7.11 Å². The van der Waals surface area contributed by atoms with Crippen LogP contribution in [-0.4, -0.2) is 51.3 Å². The van der Waals surface area contributed by atoms with Gasteiger partial charge in [-0.3, -0.25) is 0 Å². The normalized spacial score (nSPS) is 19.2. The summed E-state index contributed by atoms with van der Waals surface area (Å²) in [6.45, 7) is 11.2. The van der Waals surface area contributed by atoms with Crippen molar-refractivity contribution < 1.29 is 4.74 Å². The van der Waals surface area contributed by atoms with Crippen LogP contribution in [0.2, 0.25) is 0 Å². The predicted octanol–water partition coefficient (Wildman–Crippen LogP) is 3.29. The van der Waals surface area contributed by atoms with Crippen LogP contribution in [0.3, 0.4) is 0 Å². The van der Waals surface area contributed by atoms with Gasteiger partial charge in [0.2, 0.25) is 0 Å². The van der Waals surface area contributed by atoms with Gasteiger partial charge < -0.3 is 15.0 Å². The number of methoxy groups -OCH3 is 1. The Morgan fingerprint density at radius 3 is 2.35 bits per heavy atom. The number of ether oxygens (including phenoxy) is 1. The lowest BCUT2D eigenvalue weighted by molar-refractivity contribution is 0.0972. The second-order valence-electron chi connectivity index (χ2n) is 6.45. The molecular weight excluding hydrogens is 248 g/mol. The Morgan fingerprint density at radius 1 is 1.10 bits per heavy atom. The van der Waals surface area contributed by atoms with E-state index < -0.39 is 0 Å². The van der Waals surface area contributed by atoms with Crippen LogP contribution in [0.4, 0.5) is 0 Å². The Kier molecular flexibility index (Phi) is 9.49. The molecule has 1 saturated carbocycles. The number of nitrogens with zero attached hydrogens (tertiary/aromatic N) is 1. The lowest BCUT2D eigenvalue weighted by atomic mass is 9.79. The van der Waals surface area contributed by atoms with Crippen LogP contribution >= 0.6 is 0 Å². The molecule has 120 valence electrons. The van der Waals surface area contributed by atoms with Gasteiger partial charge in [0.25, 0.3) is 0 Å². The second kappa shape index (κ2) is 10.6. The Balaban J connectivity index is 2.58. The van der Waals surface area contributed by atoms with E-state index in [1.807, 2.05) is 0 Å². The highest BCUT2D eigenvalue weighted by molar-refractivity contribution is 4.87. The smallest absolute Gasteiger partial charge is 0.0589 e. The van der Waals surface area contributed by atoms with Gasteiger partial charge in [0.05, 0.1) is 6.61 Å². The molecule has 3 nitrogen and oxygen atoms in total. The fourth-order valence-corrected chi connectivity index (χ4v) is 3.44. The molecule has 3 heteroatoms. The van der Waals surface area contributed by atoms with Gasteiger partial charge >= 0.3 is 0 Å². The highest BCUT2D eigenvalue weighted by atomic mass is 16.5. The maximum atomic E-state index is 5.26. The van der Waals surface area contributed by atoms with Crippen LogP contribution < -0.4 is 5.32 Å². The minimum Gasteiger partial charge on any atom is -0.383 e. The van der Waals surface area contributed by atoms with Crippen LogP contribution in [0.5, 0.6) is 0 Å². The van der Waals surface area contributed by atoms with Crippen molar-refractivity contribution in [2.75, 3.05) is 46.4 Å². The van der Waals surface area contributed by atoms with Gasteiger partial charge in [-0.05, 0) is 37.8 Å². The molecule has 0 heterocycles. The molecule has 1 aliphatic carbocycles. The highest BCUT2D eigenvalue weighted by Gasteiger charge is 2.32. The molecule has 0 amide bonds. The number of hydrogen-bond acceptors (Lipinski definition) is 3. The molecule has 0 bridgehead atoms. The molecule has 0 aromatic heterocycles. The summed E-state index contributed by atoms with van der Waals surface area (Å²) in [5.41, 5.74) is 0.495. The van der Waals surface area contributed by atoms with Gasteiger partial charge in [0.15, 0.2) is 0 Å². The van der Waals surface area contributed by atoms with Gasteiger partial charge in [0, 0.05) is 26.7 Å². The van der Waals surface area contributed by atoms with E-state index >= 15 is 0 Å². The summed E-state index contributed by atoms with van der Waals surface area (Å²) in [5, 5.41) is 3.70. The predicted molar refractivity (Wildman–Crippen MR) is 87.3 cm³/mol. The maximum Gasteiger partial charge on any atom is 0.0589 e.